The van der Waals surface area contributed by atoms with Crippen molar-refractivity contribution in [1.29, 1.82) is 0 Å². The minimum Gasteiger partial charge on any atom is -0.310 e. The Morgan fingerprint density at radius 1 is 0.228 bits per heavy atom. The van der Waals surface area contributed by atoms with Crippen LogP contribution in [0.3, 0.4) is 0 Å². The molecule has 0 radical (unpaired) electrons. The maximum atomic E-state index is 2.55. The summed E-state index contributed by atoms with van der Waals surface area (Å²) < 4.78 is 0. The van der Waals surface area contributed by atoms with E-state index < -0.39 is 5.41 Å². The van der Waals surface area contributed by atoms with E-state index in [9.17, 15) is 0 Å². The first-order valence-corrected chi connectivity index (χ1v) is 27.3. The van der Waals surface area contributed by atoms with E-state index in [0.717, 1.165) is 34.1 Å². The molecule has 0 N–H and O–H groups in total. The summed E-state index contributed by atoms with van der Waals surface area (Å²) in [6.45, 7) is 0. The van der Waals surface area contributed by atoms with E-state index >= 15 is 0 Å². The first-order valence-electron chi connectivity index (χ1n) is 27.3. The molecule has 1 aliphatic rings. The monoisotopic (exact) mass is 1000 g/mol. The van der Waals surface area contributed by atoms with Crippen LogP contribution in [0, 0.1) is 0 Å². The highest BCUT2D eigenvalue weighted by Gasteiger charge is 2.47. The SMILES string of the molecule is c1ccc(N(c2ccc(-c3cc4c(c5ccccc35)-c3ccc(-c5c6ccccc6c(N(c6ccccc6)c6ccccc6)c6ccccc56)cc3C4(c3ccccc3)c3ccccc3)cc2)c2ccc3ccccc3c2)cc1. The second-order valence-corrected chi connectivity index (χ2v) is 20.7. The number of fused-ring (bicyclic) bond motifs is 8. The first-order chi connectivity index (χ1) is 39.2. The summed E-state index contributed by atoms with van der Waals surface area (Å²) in [5.74, 6) is 0. The lowest BCUT2D eigenvalue weighted by Crippen LogP contribution is -2.28. The van der Waals surface area contributed by atoms with E-state index in [1.807, 2.05) is 0 Å². The Morgan fingerprint density at radius 3 is 1.20 bits per heavy atom. The lowest BCUT2D eigenvalue weighted by Gasteiger charge is -2.34. The second kappa shape index (κ2) is 19.1. The third-order valence-electron chi connectivity index (χ3n) is 16.4. The Kier molecular flexibility index (Phi) is 11.1. The zero-order valence-corrected chi connectivity index (χ0v) is 43.4. The summed E-state index contributed by atoms with van der Waals surface area (Å²) in [5, 5.41) is 9.70. The molecule has 0 aliphatic heterocycles. The van der Waals surface area contributed by atoms with E-state index in [2.05, 4.69) is 325 Å². The van der Waals surface area contributed by atoms with Gasteiger partial charge in [0.2, 0.25) is 0 Å². The van der Waals surface area contributed by atoms with Crippen molar-refractivity contribution in [3.05, 3.63) is 338 Å². The Hall–Kier alpha value is -10.3. The lowest BCUT2D eigenvalue weighted by atomic mass is 9.67. The molecule has 0 saturated carbocycles. The van der Waals surface area contributed by atoms with E-state index in [4.69, 9.17) is 0 Å². The number of benzene rings is 14. The molecule has 0 aromatic heterocycles. The summed E-state index contributed by atoms with van der Waals surface area (Å²) in [7, 11) is 0. The molecule has 2 heteroatoms. The molecule has 0 amide bonds. The van der Waals surface area contributed by atoms with Gasteiger partial charge in [-0.25, -0.2) is 0 Å². The molecule has 2 nitrogen and oxygen atoms in total. The van der Waals surface area contributed by atoms with E-state index in [1.165, 1.54) is 98.7 Å². The van der Waals surface area contributed by atoms with Crippen LogP contribution in [0.4, 0.5) is 34.1 Å². The van der Waals surface area contributed by atoms with E-state index in [-0.39, 0.29) is 0 Å². The van der Waals surface area contributed by atoms with Crippen molar-refractivity contribution in [3.63, 3.8) is 0 Å². The van der Waals surface area contributed by atoms with Gasteiger partial charge in [0, 0.05) is 39.2 Å². The lowest BCUT2D eigenvalue weighted by molar-refractivity contribution is 0.769. The molecule has 14 aromatic carbocycles. The van der Waals surface area contributed by atoms with Crippen molar-refractivity contribution in [2.24, 2.45) is 0 Å². The fourth-order valence-electron chi connectivity index (χ4n) is 13.1. The topological polar surface area (TPSA) is 6.48 Å². The Labute approximate surface area is 461 Å². The number of hydrogen-bond acceptors (Lipinski definition) is 2. The molecule has 14 aromatic rings. The molecule has 1 aliphatic carbocycles. The minimum atomic E-state index is -0.676. The van der Waals surface area contributed by atoms with Gasteiger partial charge in [-0.05, 0) is 161 Å². The molecular weight excluding hydrogens is 953 g/mol. The normalized spacial score (nSPS) is 12.4. The van der Waals surface area contributed by atoms with Gasteiger partial charge in [0.15, 0.2) is 0 Å². The fraction of sp³-hybridized carbons (Fsp3) is 0.0130. The first kappa shape index (κ1) is 46.1. The summed E-state index contributed by atoms with van der Waals surface area (Å²) in [5.41, 5.74) is 18.4. The van der Waals surface area contributed by atoms with Crippen molar-refractivity contribution < 1.29 is 0 Å². The predicted molar refractivity (Wildman–Crippen MR) is 334 cm³/mol. The standard InChI is InChI=1S/C77H52N2/c1-6-26-57(27-7-1)77(58-28-8-2-9-29-58)72-51-56(74-66-38-20-22-40-68(66)76(69-41-23-21-39-67(69)74)79(60-32-12-4-13-33-60)61-34-14-5-15-35-61)45-49-70(72)75-65-37-19-18-36-64(65)71(52-73(75)77)54-43-46-62(47-44-54)78(59-30-10-3-11-31-59)63-48-42-53-24-16-17-25-55(53)50-63/h1-52H. The summed E-state index contributed by atoms with van der Waals surface area (Å²) in [4.78, 5) is 4.80. The van der Waals surface area contributed by atoms with Gasteiger partial charge in [0.05, 0.1) is 11.1 Å². The minimum absolute atomic E-state index is 0.676. The maximum absolute atomic E-state index is 2.55. The van der Waals surface area contributed by atoms with Gasteiger partial charge in [0.1, 0.15) is 0 Å². The summed E-state index contributed by atoms with van der Waals surface area (Å²) >= 11 is 0. The van der Waals surface area contributed by atoms with Crippen molar-refractivity contribution in [2.75, 3.05) is 9.80 Å². The van der Waals surface area contributed by atoms with Crippen LogP contribution < -0.4 is 9.80 Å². The van der Waals surface area contributed by atoms with E-state index in [0.29, 0.717) is 0 Å². The maximum Gasteiger partial charge on any atom is 0.0714 e. The number of anilines is 6. The molecule has 15 rings (SSSR count). The highest BCUT2D eigenvalue weighted by atomic mass is 15.1. The third kappa shape index (κ3) is 7.48. The fourth-order valence-corrected chi connectivity index (χ4v) is 13.1. The van der Waals surface area contributed by atoms with Crippen LogP contribution in [0.5, 0.6) is 0 Å². The molecule has 0 unspecified atom stereocenters. The van der Waals surface area contributed by atoms with Crippen molar-refractivity contribution in [1.82, 2.24) is 0 Å². The average molecular weight is 1010 g/mol. The molecule has 370 valence electrons. The Balaban J connectivity index is 0.960. The highest BCUT2D eigenvalue weighted by Crippen LogP contribution is 2.60. The molecule has 0 saturated heterocycles. The molecule has 79 heavy (non-hydrogen) atoms. The Bertz CT molecular complexity index is 4440. The second-order valence-electron chi connectivity index (χ2n) is 20.7. The van der Waals surface area contributed by atoms with Crippen molar-refractivity contribution in [3.8, 4) is 33.4 Å². The van der Waals surface area contributed by atoms with Crippen LogP contribution in [-0.2, 0) is 5.41 Å². The van der Waals surface area contributed by atoms with Crippen LogP contribution in [0.25, 0.3) is 76.5 Å². The number of rotatable bonds is 10. The van der Waals surface area contributed by atoms with E-state index in [1.54, 1.807) is 0 Å². The molecule has 0 fully saturated rings. The van der Waals surface area contributed by atoms with Gasteiger partial charge in [0.25, 0.3) is 0 Å². The quantitative estimate of drug-likeness (QED) is 0.126. The molecule has 0 bridgehead atoms. The largest absolute Gasteiger partial charge is 0.310 e. The van der Waals surface area contributed by atoms with Crippen LogP contribution in [0.1, 0.15) is 22.3 Å². The van der Waals surface area contributed by atoms with Crippen molar-refractivity contribution in [2.45, 2.75) is 5.41 Å². The molecule has 0 heterocycles. The van der Waals surface area contributed by atoms with Gasteiger partial charge >= 0.3 is 0 Å². The Morgan fingerprint density at radius 2 is 0.646 bits per heavy atom. The average Bonchev–Trinajstić information content (AvgIpc) is 3.97. The molecule has 0 spiro atoms. The van der Waals surface area contributed by atoms with Crippen LogP contribution >= 0.6 is 0 Å². The van der Waals surface area contributed by atoms with Crippen molar-refractivity contribution >= 4 is 77.2 Å². The number of hydrogen-bond donors (Lipinski definition) is 0. The summed E-state index contributed by atoms with van der Waals surface area (Å²) in [6.07, 6.45) is 0. The van der Waals surface area contributed by atoms with Crippen LogP contribution in [0.15, 0.2) is 315 Å². The molecular formula is C77H52N2. The van der Waals surface area contributed by atoms with Gasteiger partial charge in [-0.1, -0.05) is 243 Å². The number of para-hydroxylation sites is 3. The summed E-state index contributed by atoms with van der Waals surface area (Å²) in [6, 6.07) is 116. The predicted octanol–water partition coefficient (Wildman–Crippen LogP) is 20.9. The van der Waals surface area contributed by atoms with Gasteiger partial charge in [-0.2, -0.15) is 0 Å². The highest BCUT2D eigenvalue weighted by molar-refractivity contribution is 6.23. The van der Waals surface area contributed by atoms with Crippen LogP contribution in [-0.4, -0.2) is 0 Å². The van der Waals surface area contributed by atoms with Gasteiger partial charge < -0.3 is 9.80 Å². The third-order valence-corrected chi connectivity index (χ3v) is 16.4. The number of nitrogens with zero attached hydrogens (tertiary/aromatic N) is 2. The smallest absolute Gasteiger partial charge is 0.0714 e. The van der Waals surface area contributed by atoms with Crippen LogP contribution in [0.2, 0.25) is 0 Å². The zero-order chi connectivity index (χ0) is 52.3. The van der Waals surface area contributed by atoms with Gasteiger partial charge in [-0.3, -0.25) is 0 Å². The van der Waals surface area contributed by atoms with Gasteiger partial charge in [-0.15, -0.1) is 0 Å². The molecule has 0 atom stereocenters. The zero-order valence-electron chi connectivity index (χ0n) is 43.4.